The van der Waals surface area contributed by atoms with E-state index < -0.39 is 6.10 Å². The lowest BCUT2D eigenvalue weighted by atomic mass is 10.1. The van der Waals surface area contributed by atoms with Crippen LogP contribution in [-0.2, 0) is 0 Å². The maximum Gasteiger partial charge on any atom is 0.215 e. The molecular weight excluding hydrogens is 154 g/mol. The van der Waals surface area contributed by atoms with Crippen molar-refractivity contribution in [1.29, 1.82) is 0 Å². The van der Waals surface area contributed by atoms with Crippen LogP contribution in [0, 0.1) is 6.92 Å². The largest absolute Gasteiger partial charge is 0.481 e. The maximum absolute atomic E-state index is 9.23. The number of hydrogen-bond donors (Lipinski definition) is 1. The van der Waals surface area contributed by atoms with Crippen molar-refractivity contribution < 1.29 is 9.84 Å². The highest BCUT2D eigenvalue weighted by molar-refractivity contribution is 5.29. The van der Waals surface area contributed by atoms with Gasteiger partial charge in [0.05, 0.1) is 13.2 Å². The van der Waals surface area contributed by atoms with Crippen molar-refractivity contribution in [2.24, 2.45) is 0 Å². The van der Waals surface area contributed by atoms with Gasteiger partial charge in [-0.05, 0) is 25.5 Å². The van der Waals surface area contributed by atoms with Crippen LogP contribution in [0.1, 0.15) is 24.2 Å². The van der Waals surface area contributed by atoms with Gasteiger partial charge < -0.3 is 9.84 Å². The molecule has 0 saturated heterocycles. The summed E-state index contributed by atoms with van der Waals surface area (Å²) in [6.07, 6.45) is 1.15. The number of pyridine rings is 1. The second-order valence-corrected chi connectivity index (χ2v) is 2.77. The van der Waals surface area contributed by atoms with E-state index in [0.717, 1.165) is 11.1 Å². The predicted octanol–water partition coefficient (Wildman–Crippen LogP) is 1.45. The summed E-state index contributed by atoms with van der Waals surface area (Å²) in [5.74, 6) is 0.611. The number of rotatable bonds is 2. The van der Waals surface area contributed by atoms with Crippen molar-refractivity contribution in [2.75, 3.05) is 7.11 Å². The van der Waals surface area contributed by atoms with Gasteiger partial charge in [-0.2, -0.15) is 0 Å². The molecule has 1 aromatic rings. The molecule has 3 nitrogen and oxygen atoms in total. The van der Waals surface area contributed by atoms with Gasteiger partial charge in [0.15, 0.2) is 0 Å². The molecule has 1 heterocycles. The summed E-state index contributed by atoms with van der Waals surface area (Å²) >= 11 is 0. The number of aryl methyl sites for hydroxylation is 1. The maximum atomic E-state index is 9.23. The Balaban J connectivity index is 3.02. The molecule has 1 rings (SSSR count). The van der Waals surface area contributed by atoms with Crippen molar-refractivity contribution >= 4 is 0 Å². The van der Waals surface area contributed by atoms with Crippen molar-refractivity contribution in [3.05, 3.63) is 23.4 Å². The van der Waals surface area contributed by atoms with E-state index in [4.69, 9.17) is 4.74 Å². The highest BCUT2D eigenvalue weighted by Gasteiger charge is 2.04. The molecule has 0 fully saturated rings. The number of methoxy groups -OCH3 is 1. The predicted molar refractivity (Wildman–Crippen MR) is 46.2 cm³/mol. The van der Waals surface area contributed by atoms with Crippen LogP contribution in [0.25, 0.3) is 0 Å². The van der Waals surface area contributed by atoms with Crippen LogP contribution in [-0.4, -0.2) is 17.2 Å². The second-order valence-electron chi connectivity index (χ2n) is 2.77. The van der Waals surface area contributed by atoms with Gasteiger partial charge in [-0.3, -0.25) is 0 Å². The van der Waals surface area contributed by atoms with Crippen LogP contribution in [0.3, 0.4) is 0 Å². The minimum atomic E-state index is -0.470. The summed E-state index contributed by atoms with van der Waals surface area (Å²) in [6.45, 7) is 3.61. The molecule has 0 bridgehead atoms. The van der Waals surface area contributed by atoms with Gasteiger partial charge in [0, 0.05) is 11.8 Å². The normalized spacial score (nSPS) is 12.7. The molecule has 3 heteroatoms. The first-order valence-corrected chi connectivity index (χ1v) is 3.83. The van der Waals surface area contributed by atoms with Gasteiger partial charge in [-0.25, -0.2) is 4.98 Å². The zero-order chi connectivity index (χ0) is 9.14. The third-order valence-electron chi connectivity index (χ3n) is 1.73. The minimum absolute atomic E-state index is 0.470. The van der Waals surface area contributed by atoms with Crippen LogP contribution in [0.4, 0.5) is 0 Å². The molecular formula is C9H13NO2. The van der Waals surface area contributed by atoms with Gasteiger partial charge in [-0.1, -0.05) is 0 Å². The van der Waals surface area contributed by atoms with E-state index in [1.54, 1.807) is 20.2 Å². The third kappa shape index (κ3) is 1.74. The second kappa shape index (κ2) is 3.54. The van der Waals surface area contributed by atoms with Crippen molar-refractivity contribution in [2.45, 2.75) is 20.0 Å². The summed E-state index contributed by atoms with van der Waals surface area (Å²) in [5.41, 5.74) is 1.75. The lowest BCUT2D eigenvalue weighted by Gasteiger charge is -2.07. The molecule has 0 spiro atoms. The quantitative estimate of drug-likeness (QED) is 0.725. The van der Waals surface area contributed by atoms with E-state index in [-0.39, 0.29) is 0 Å². The van der Waals surface area contributed by atoms with E-state index in [1.165, 1.54) is 0 Å². The summed E-state index contributed by atoms with van der Waals surface area (Å²) in [7, 11) is 1.58. The molecule has 0 amide bonds. The number of hydrogen-bond acceptors (Lipinski definition) is 3. The van der Waals surface area contributed by atoms with Crippen LogP contribution >= 0.6 is 0 Å². The molecule has 0 radical (unpaired) electrons. The number of aliphatic hydroxyl groups excluding tert-OH is 1. The fraction of sp³-hybridized carbons (Fsp3) is 0.444. The van der Waals surface area contributed by atoms with E-state index in [1.807, 2.05) is 13.0 Å². The average molecular weight is 167 g/mol. The van der Waals surface area contributed by atoms with E-state index in [9.17, 15) is 5.11 Å². The standard InChI is InChI=1S/C9H13NO2/c1-6-4-8(7(2)11)5-10-9(6)12-3/h4-5,7,11H,1-3H3. The van der Waals surface area contributed by atoms with Crippen LogP contribution < -0.4 is 4.74 Å². The fourth-order valence-corrected chi connectivity index (χ4v) is 1.03. The van der Waals surface area contributed by atoms with E-state index in [0.29, 0.717) is 5.88 Å². The monoisotopic (exact) mass is 167 g/mol. The Labute approximate surface area is 72.0 Å². The average Bonchev–Trinajstić information content (AvgIpc) is 2.04. The third-order valence-corrected chi connectivity index (χ3v) is 1.73. The van der Waals surface area contributed by atoms with E-state index in [2.05, 4.69) is 4.98 Å². The molecule has 12 heavy (non-hydrogen) atoms. The lowest BCUT2D eigenvalue weighted by Crippen LogP contribution is -1.96. The Morgan fingerprint density at radius 1 is 1.58 bits per heavy atom. The summed E-state index contributed by atoms with van der Waals surface area (Å²) in [6, 6.07) is 1.87. The Kier molecular flexibility index (Phi) is 2.65. The zero-order valence-electron chi connectivity index (χ0n) is 7.53. The van der Waals surface area contributed by atoms with Crippen molar-refractivity contribution in [3.63, 3.8) is 0 Å². The highest BCUT2D eigenvalue weighted by Crippen LogP contribution is 2.18. The molecule has 0 aliphatic heterocycles. The fourth-order valence-electron chi connectivity index (χ4n) is 1.03. The Hall–Kier alpha value is -1.09. The molecule has 0 aromatic carbocycles. The van der Waals surface area contributed by atoms with Gasteiger partial charge in [-0.15, -0.1) is 0 Å². The van der Waals surface area contributed by atoms with Crippen molar-refractivity contribution in [1.82, 2.24) is 4.98 Å². The SMILES string of the molecule is COc1ncc(C(C)O)cc1C. The molecule has 1 aromatic heterocycles. The topological polar surface area (TPSA) is 42.4 Å². The first-order chi connectivity index (χ1) is 5.65. The first-order valence-electron chi connectivity index (χ1n) is 3.83. The molecule has 1 atom stereocenters. The molecule has 66 valence electrons. The molecule has 1 unspecified atom stereocenters. The summed E-state index contributed by atoms with van der Waals surface area (Å²) in [4.78, 5) is 4.04. The van der Waals surface area contributed by atoms with Crippen LogP contribution in [0.15, 0.2) is 12.3 Å². The number of ether oxygens (including phenoxy) is 1. The number of aliphatic hydroxyl groups is 1. The Morgan fingerprint density at radius 2 is 2.25 bits per heavy atom. The van der Waals surface area contributed by atoms with Crippen molar-refractivity contribution in [3.8, 4) is 5.88 Å². The van der Waals surface area contributed by atoms with Gasteiger partial charge in [0.1, 0.15) is 0 Å². The molecule has 0 saturated carbocycles. The van der Waals surface area contributed by atoms with Gasteiger partial charge >= 0.3 is 0 Å². The zero-order valence-corrected chi connectivity index (χ0v) is 7.53. The number of aromatic nitrogens is 1. The van der Waals surface area contributed by atoms with Crippen LogP contribution in [0.2, 0.25) is 0 Å². The van der Waals surface area contributed by atoms with E-state index >= 15 is 0 Å². The summed E-state index contributed by atoms with van der Waals surface area (Å²) in [5, 5.41) is 9.23. The summed E-state index contributed by atoms with van der Waals surface area (Å²) < 4.78 is 4.99. The minimum Gasteiger partial charge on any atom is -0.481 e. The Morgan fingerprint density at radius 3 is 2.67 bits per heavy atom. The lowest BCUT2D eigenvalue weighted by molar-refractivity contribution is 0.198. The first kappa shape index (κ1) is 9.00. The highest BCUT2D eigenvalue weighted by atomic mass is 16.5. The smallest absolute Gasteiger partial charge is 0.215 e. The molecule has 1 N–H and O–H groups in total. The van der Waals surface area contributed by atoms with Gasteiger partial charge in [0.25, 0.3) is 0 Å². The molecule has 0 aliphatic carbocycles. The Bertz CT molecular complexity index is 271. The number of nitrogens with zero attached hydrogens (tertiary/aromatic N) is 1. The van der Waals surface area contributed by atoms with Gasteiger partial charge in [0.2, 0.25) is 5.88 Å². The van der Waals surface area contributed by atoms with Crippen LogP contribution in [0.5, 0.6) is 5.88 Å². The molecule has 0 aliphatic rings.